The molecule has 0 spiro atoms. The highest BCUT2D eigenvalue weighted by atomic mass is 16.5. The van der Waals surface area contributed by atoms with Crippen LogP contribution >= 0.6 is 0 Å². The van der Waals surface area contributed by atoms with Crippen LogP contribution in [0.3, 0.4) is 0 Å². The molecule has 3 heterocycles. The number of aromatic nitrogens is 3. The molecule has 4 rings (SSSR count). The zero-order valence-electron chi connectivity index (χ0n) is 17.6. The number of morpholine rings is 1. The lowest BCUT2D eigenvalue weighted by atomic mass is 10.1. The number of ether oxygens (including phenoxy) is 1. The molecule has 2 aromatic heterocycles. The summed E-state index contributed by atoms with van der Waals surface area (Å²) in [6.45, 7) is 5.87. The fourth-order valence-corrected chi connectivity index (χ4v) is 3.79. The lowest BCUT2D eigenvalue weighted by molar-refractivity contribution is -0.0588. The van der Waals surface area contributed by atoms with E-state index in [1.165, 1.54) is 5.56 Å². The zero-order valence-corrected chi connectivity index (χ0v) is 17.6. The number of rotatable bonds is 5. The number of nitrogens with one attached hydrogen (secondary N) is 1. The van der Waals surface area contributed by atoms with E-state index in [1.807, 2.05) is 60.8 Å². The first-order valence-electron chi connectivity index (χ1n) is 10.2. The number of amides is 1. The van der Waals surface area contributed by atoms with Crippen molar-refractivity contribution in [3.05, 3.63) is 66.2 Å². The van der Waals surface area contributed by atoms with Crippen molar-refractivity contribution in [2.45, 2.75) is 32.6 Å². The van der Waals surface area contributed by atoms with Crippen molar-refractivity contribution in [2.75, 3.05) is 18.4 Å². The monoisotopic (exact) mass is 405 g/mol. The van der Waals surface area contributed by atoms with Crippen LogP contribution in [-0.2, 0) is 18.3 Å². The quantitative estimate of drug-likeness (QED) is 0.705. The van der Waals surface area contributed by atoms with Gasteiger partial charge in [-0.05, 0) is 25.5 Å². The van der Waals surface area contributed by atoms with Crippen LogP contribution in [0.15, 0.2) is 55.0 Å². The SMILES string of the molecule is C[C@@H]1CN(C(=O)c2cc(-c3cnc(NCc4ccccc4)nc3)cn2C)C[C@H](C)O1. The Labute approximate surface area is 176 Å². The van der Waals surface area contributed by atoms with Crippen LogP contribution in [-0.4, -0.2) is 50.6 Å². The fraction of sp³-hybridized carbons (Fsp3) is 0.348. The maximum atomic E-state index is 13.0. The average molecular weight is 406 g/mol. The van der Waals surface area contributed by atoms with Crippen LogP contribution in [0.4, 0.5) is 5.95 Å². The van der Waals surface area contributed by atoms with E-state index in [1.54, 1.807) is 12.4 Å². The van der Waals surface area contributed by atoms with E-state index in [4.69, 9.17) is 4.74 Å². The molecule has 1 aliphatic rings. The largest absolute Gasteiger partial charge is 0.372 e. The van der Waals surface area contributed by atoms with Gasteiger partial charge in [-0.3, -0.25) is 4.79 Å². The minimum atomic E-state index is 0.0211. The Morgan fingerprint density at radius 3 is 2.43 bits per heavy atom. The average Bonchev–Trinajstić information content (AvgIpc) is 3.13. The van der Waals surface area contributed by atoms with Crippen molar-refractivity contribution in [3.63, 3.8) is 0 Å². The Morgan fingerprint density at radius 1 is 1.10 bits per heavy atom. The second-order valence-electron chi connectivity index (χ2n) is 7.83. The van der Waals surface area contributed by atoms with Gasteiger partial charge in [0, 0.05) is 56.4 Å². The number of benzene rings is 1. The van der Waals surface area contributed by atoms with Crippen molar-refractivity contribution < 1.29 is 9.53 Å². The number of nitrogens with zero attached hydrogens (tertiary/aromatic N) is 4. The van der Waals surface area contributed by atoms with Gasteiger partial charge in [-0.1, -0.05) is 30.3 Å². The van der Waals surface area contributed by atoms with Gasteiger partial charge in [-0.2, -0.15) is 0 Å². The van der Waals surface area contributed by atoms with Gasteiger partial charge in [0.2, 0.25) is 5.95 Å². The summed E-state index contributed by atoms with van der Waals surface area (Å²) < 4.78 is 7.61. The molecule has 1 amide bonds. The highest BCUT2D eigenvalue weighted by Gasteiger charge is 2.28. The Bertz CT molecular complexity index is 990. The lowest BCUT2D eigenvalue weighted by Crippen LogP contribution is -2.48. The topological polar surface area (TPSA) is 72.3 Å². The Kier molecular flexibility index (Phi) is 5.81. The second kappa shape index (κ2) is 8.67. The summed E-state index contributed by atoms with van der Waals surface area (Å²) in [5.74, 6) is 0.596. The first kappa shape index (κ1) is 20.1. The molecule has 1 saturated heterocycles. The smallest absolute Gasteiger partial charge is 0.270 e. The van der Waals surface area contributed by atoms with E-state index in [0.717, 1.165) is 11.1 Å². The van der Waals surface area contributed by atoms with Crippen LogP contribution in [0, 0.1) is 0 Å². The standard InChI is InChI=1S/C23H27N5O2/c1-16-13-28(14-17(2)30-16)22(29)21-9-19(15-27(21)3)20-11-25-23(26-12-20)24-10-18-7-5-4-6-8-18/h4-9,11-12,15-17H,10,13-14H2,1-3H3,(H,24,25,26)/t16-,17+. The van der Waals surface area contributed by atoms with Crippen LogP contribution in [0.25, 0.3) is 11.1 Å². The number of anilines is 1. The third-order valence-electron chi connectivity index (χ3n) is 5.21. The normalized spacial score (nSPS) is 19.0. The van der Waals surface area contributed by atoms with E-state index in [0.29, 0.717) is 31.3 Å². The van der Waals surface area contributed by atoms with Gasteiger partial charge in [0.15, 0.2) is 0 Å². The van der Waals surface area contributed by atoms with Crippen LogP contribution in [0.2, 0.25) is 0 Å². The lowest BCUT2D eigenvalue weighted by Gasteiger charge is -2.35. The zero-order chi connectivity index (χ0) is 21.1. The molecule has 0 radical (unpaired) electrons. The molecule has 0 unspecified atom stereocenters. The highest BCUT2D eigenvalue weighted by molar-refractivity contribution is 5.94. The summed E-state index contributed by atoms with van der Waals surface area (Å²) in [7, 11) is 1.89. The van der Waals surface area contributed by atoms with Gasteiger partial charge in [-0.25, -0.2) is 9.97 Å². The predicted molar refractivity (Wildman–Crippen MR) is 116 cm³/mol. The maximum Gasteiger partial charge on any atom is 0.270 e. The molecule has 30 heavy (non-hydrogen) atoms. The predicted octanol–water partition coefficient (Wildman–Crippen LogP) is 3.34. The molecular weight excluding hydrogens is 378 g/mol. The molecular formula is C23H27N5O2. The summed E-state index contributed by atoms with van der Waals surface area (Å²) in [4.78, 5) is 23.7. The van der Waals surface area contributed by atoms with E-state index < -0.39 is 0 Å². The van der Waals surface area contributed by atoms with E-state index in [2.05, 4.69) is 27.4 Å². The fourth-order valence-electron chi connectivity index (χ4n) is 3.79. The molecule has 156 valence electrons. The van der Waals surface area contributed by atoms with Gasteiger partial charge in [0.05, 0.1) is 12.2 Å². The molecule has 0 bridgehead atoms. The van der Waals surface area contributed by atoms with Crippen molar-refractivity contribution >= 4 is 11.9 Å². The number of hydrogen-bond donors (Lipinski definition) is 1. The Hall–Kier alpha value is -3.19. The molecule has 1 N–H and O–H groups in total. The Balaban J connectivity index is 1.45. The minimum Gasteiger partial charge on any atom is -0.372 e. The number of carbonyl (C=O) groups is 1. The number of aryl methyl sites for hydroxylation is 1. The molecule has 7 heteroatoms. The van der Waals surface area contributed by atoms with Crippen LogP contribution in [0.1, 0.15) is 29.9 Å². The summed E-state index contributed by atoms with van der Waals surface area (Å²) >= 11 is 0. The summed E-state index contributed by atoms with van der Waals surface area (Å²) in [6.07, 6.45) is 5.59. The van der Waals surface area contributed by atoms with Gasteiger partial charge >= 0.3 is 0 Å². The molecule has 1 fully saturated rings. The van der Waals surface area contributed by atoms with Gasteiger partial charge in [0.1, 0.15) is 5.69 Å². The first-order chi connectivity index (χ1) is 14.5. The van der Waals surface area contributed by atoms with Crippen LogP contribution < -0.4 is 5.32 Å². The van der Waals surface area contributed by atoms with Crippen molar-refractivity contribution in [1.82, 2.24) is 19.4 Å². The molecule has 7 nitrogen and oxygen atoms in total. The molecule has 0 saturated carbocycles. The van der Waals surface area contributed by atoms with Crippen molar-refractivity contribution in [2.24, 2.45) is 7.05 Å². The molecule has 1 aromatic carbocycles. The number of hydrogen-bond acceptors (Lipinski definition) is 5. The third kappa shape index (κ3) is 4.52. The summed E-state index contributed by atoms with van der Waals surface area (Å²) in [6, 6.07) is 12.0. The van der Waals surface area contributed by atoms with E-state index in [-0.39, 0.29) is 18.1 Å². The first-order valence-corrected chi connectivity index (χ1v) is 10.2. The molecule has 3 aromatic rings. The van der Waals surface area contributed by atoms with E-state index in [9.17, 15) is 4.79 Å². The van der Waals surface area contributed by atoms with E-state index >= 15 is 0 Å². The minimum absolute atomic E-state index is 0.0211. The molecule has 2 atom stereocenters. The molecule has 0 aliphatic carbocycles. The van der Waals surface area contributed by atoms with Crippen LogP contribution in [0.5, 0.6) is 0 Å². The molecule has 1 aliphatic heterocycles. The van der Waals surface area contributed by atoms with Gasteiger partial charge in [0.25, 0.3) is 5.91 Å². The van der Waals surface area contributed by atoms with Gasteiger partial charge < -0.3 is 19.5 Å². The van der Waals surface area contributed by atoms with Crippen molar-refractivity contribution in [3.8, 4) is 11.1 Å². The second-order valence-corrected chi connectivity index (χ2v) is 7.83. The Morgan fingerprint density at radius 2 is 1.77 bits per heavy atom. The summed E-state index contributed by atoms with van der Waals surface area (Å²) in [5, 5.41) is 3.23. The maximum absolute atomic E-state index is 13.0. The van der Waals surface area contributed by atoms with Crippen molar-refractivity contribution in [1.29, 1.82) is 0 Å². The summed E-state index contributed by atoms with van der Waals surface area (Å²) in [5.41, 5.74) is 3.61. The third-order valence-corrected chi connectivity index (χ3v) is 5.21. The van der Waals surface area contributed by atoms with Gasteiger partial charge in [-0.15, -0.1) is 0 Å². The highest BCUT2D eigenvalue weighted by Crippen LogP contribution is 2.23. The number of carbonyl (C=O) groups excluding carboxylic acids is 1.